The van der Waals surface area contributed by atoms with Gasteiger partial charge in [-0.3, -0.25) is 4.79 Å². The number of nitrogens with zero attached hydrogens (tertiary/aromatic N) is 1. The van der Waals surface area contributed by atoms with Crippen LogP contribution in [0.2, 0.25) is 0 Å². The molecular weight excluding hydrogens is 360 g/mol. The van der Waals surface area contributed by atoms with Crippen molar-refractivity contribution in [2.45, 2.75) is 22.4 Å². The first-order valence-electron chi connectivity index (χ1n) is 7.57. The summed E-state index contributed by atoms with van der Waals surface area (Å²) in [6, 6.07) is 15.8. The van der Waals surface area contributed by atoms with Crippen LogP contribution in [0.15, 0.2) is 63.4 Å². The van der Waals surface area contributed by atoms with E-state index in [-0.39, 0.29) is 10.9 Å². The molecule has 0 saturated carbocycles. The quantitative estimate of drug-likeness (QED) is 0.384. The van der Waals surface area contributed by atoms with Crippen molar-refractivity contribution in [1.82, 2.24) is 9.97 Å². The third-order valence-corrected chi connectivity index (χ3v) is 6.33. The van der Waals surface area contributed by atoms with Crippen molar-refractivity contribution >= 4 is 46.0 Å². The molecule has 1 heterocycles. The average Bonchev–Trinajstić information content (AvgIpc) is 2.59. The first-order chi connectivity index (χ1) is 11.6. The average molecular weight is 377 g/mol. The molecule has 1 N–H and O–H groups in total. The number of hydrogen-bond donors (Lipinski definition) is 1. The molecule has 6 heteroatoms. The minimum Gasteiger partial charge on any atom is -0.301 e. The Balaban J connectivity index is 1.57. The van der Waals surface area contributed by atoms with Crippen LogP contribution in [0, 0.1) is 6.92 Å². The van der Waals surface area contributed by atoms with Crippen LogP contribution in [0.5, 0.6) is 0 Å². The molecule has 0 fully saturated rings. The van der Waals surface area contributed by atoms with E-state index in [1.165, 1.54) is 22.2 Å². The summed E-state index contributed by atoms with van der Waals surface area (Å²) >= 11 is 9.63. The van der Waals surface area contributed by atoms with Crippen molar-refractivity contribution in [2.75, 3.05) is 11.5 Å². The number of benzene rings is 2. The molecule has 2 aromatic carbocycles. The van der Waals surface area contributed by atoms with E-state index in [1.807, 2.05) is 18.2 Å². The van der Waals surface area contributed by atoms with Crippen LogP contribution in [-0.4, -0.2) is 26.9 Å². The second kappa shape index (κ2) is 8.10. The molecule has 124 valence electrons. The first-order valence-corrected chi connectivity index (χ1v) is 9.98. The van der Waals surface area contributed by atoms with E-state index in [0.717, 1.165) is 5.75 Å². The molecule has 0 bridgehead atoms. The molecule has 3 rings (SSSR count). The molecule has 1 aromatic heterocycles. The lowest BCUT2D eigenvalue weighted by molar-refractivity contribution is 0.969. The van der Waals surface area contributed by atoms with Gasteiger partial charge >= 0.3 is 0 Å². The lowest BCUT2D eigenvalue weighted by Crippen LogP contribution is -2.11. The van der Waals surface area contributed by atoms with Gasteiger partial charge in [0.1, 0.15) is 0 Å². The van der Waals surface area contributed by atoms with Gasteiger partial charge in [-0.15, -0.1) is 23.4 Å². The molecule has 3 nitrogen and oxygen atoms in total. The minimum atomic E-state index is -0.108. The number of nitrogens with one attached hydrogen (secondary N) is 1. The second-order valence-electron chi connectivity index (χ2n) is 5.42. The summed E-state index contributed by atoms with van der Waals surface area (Å²) < 4.78 is 0. The molecule has 0 aliphatic carbocycles. The number of alkyl halides is 1. The smallest absolute Gasteiger partial charge is 0.259 e. The molecule has 0 radical (unpaired) electrons. The number of halogens is 1. The monoisotopic (exact) mass is 376 g/mol. The Bertz CT molecular complexity index is 880. The van der Waals surface area contributed by atoms with E-state index in [2.05, 4.69) is 41.2 Å². The third-order valence-electron chi connectivity index (χ3n) is 3.44. The maximum absolute atomic E-state index is 12.0. The standard InChI is InChI=1S/C18H17ClN2OS2/c1-12-6-8-14(9-7-12)23-10-13(19)11-24-18-20-16-5-3-2-4-15(16)17(22)21-18/h2-9,13H,10-11H2,1H3,(H,20,21,22). The topological polar surface area (TPSA) is 45.8 Å². The number of aromatic amines is 1. The van der Waals surface area contributed by atoms with Gasteiger partial charge in [-0.05, 0) is 31.2 Å². The van der Waals surface area contributed by atoms with Crippen molar-refractivity contribution < 1.29 is 0 Å². The van der Waals surface area contributed by atoms with Crippen LogP contribution in [0.3, 0.4) is 0 Å². The van der Waals surface area contributed by atoms with E-state index in [0.29, 0.717) is 21.8 Å². The Morgan fingerprint density at radius 3 is 2.58 bits per heavy atom. The maximum atomic E-state index is 12.0. The Kier molecular flexibility index (Phi) is 5.87. The van der Waals surface area contributed by atoms with Gasteiger partial charge in [0.15, 0.2) is 5.16 Å². The highest BCUT2D eigenvalue weighted by Gasteiger charge is 2.09. The van der Waals surface area contributed by atoms with Crippen molar-refractivity contribution in [3.63, 3.8) is 0 Å². The van der Waals surface area contributed by atoms with Crippen molar-refractivity contribution in [3.8, 4) is 0 Å². The number of hydrogen-bond acceptors (Lipinski definition) is 4. The van der Waals surface area contributed by atoms with Gasteiger partial charge in [0.25, 0.3) is 5.56 Å². The number of aryl methyl sites for hydroxylation is 1. The van der Waals surface area contributed by atoms with Crippen LogP contribution in [-0.2, 0) is 0 Å². The van der Waals surface area contributed by atoms with Gasteiger partial charge in [0.05, 0.1) is 16.3 Å². The van der Waals surface area contributed by atoms with Crippen LogP contribution in [0.4, 0.5) is 0 Å². The van der Waals surface area contributed by atoms with E-state index in [4.69, 9.17) is 11.6 Å². The number of para-hydroxylation sites is 1. The highest BCUT2D eigenvalue weighted by Crippen LogP contribution is 2.24. The van der Waals surface area contributed by atoms with Crippen LogP contribution >= 0.6 is 35.1 Å². The molecule has 3 aromatic rings. The van der Waals surface area contributed by atoms with E-state index in [9.17, 15) is 4.79 Å². The van der Waals surface area contributed by atoms with Crippen LogP contribution in [0.25, 0.3) is 10.9 Å². The highest BCUT2D eigenvalue weighted by molar-refractivity contribution is 8.00. The van der Waals surface area contributed by atoms with Crippen LogP contribution < -0.4 is 5.56 Å². The zero-order chi connectivity index (χ0) is 16.9. The Labute approximate surface area is 154 Å². The summed E-state index contributed by atoms with van der Waals surface area (Å²) in [5.41, 5.74) is 1.86. The molecule has 0 aliphatic heterocycles. The molecule has 0 aliphatic rings. The van der Waals surface area contributed by atoms with Crippen molar-refractivity contribution in [2.24, 2.45) is 0 Å². The summed E-state index contributed by atoms with van der Waals surface area (Å²) in [6.45, 7) is 2.08. The van der Waals surface area contributed by atoms with Crippen molar-refractivity contribution in [1.29, 1.82) is 0 Å². The Morgan fingerprint density at radius 1 is 1.08 bits per heavy atom. The summed E-state index contributed by atoms with van der Waals surface area (Å²) in [7, 11) is 0. The van der Waals surface area contributed by atoms with Gasteiger partial charge in [0.2, 0.25) is 0 Å². The number of H-pyrrole nitrogens is 1. The molecule has 0 amide bonds. The normalized spacial score (nSPS) is 12.4. The predicted molar refractivity (Wildman–Crippen MR) is 105 cm³/mol. The summed E-state index contributed by atoms with van der Waals surface area (Å²) in [5, 5.41) is 1.22. The third kappa shape index (κ3) is 4.56. The second-order valence-corrected chi connectivity index (χ2v) is 8.14. The molecule has 24 heavy (non-hydrogen) atoms. The minimum absolute atomic E-state index is 0.00178. The SMILES string of the molecule is Cc1ccc(SCC(Cl)CSc2nc3ccccc3c(=O)[nH]2)cc1. The van der Waals surface area contributed by atoms with Gasteiger partial charge in [0, 0.05) is 16.4 Å². The molecule has 0 spiro atoms. The van der Waals surface area contributed by atoms with Gasteiger partial charge in [-0.1, -0.05) is 41.6 Å². The van der Waals surface area contributed by atoms with E-state index < -0.39 is 0 Å². The highest BCUT2D eigenvalue weighted by atomic mass is 35.5. The van der Waals surface area contributed by atoms with Crippen molar-refractivity contribution in [3.05, 3.63) is 64.4 Å². The van der Waals surface area contributed by atoms with Gasteiger partial charge < -0.3 is 4.98 Å². The molecular formula is C18H17ClN2OS2. The summed E-state index contributed by atoms with van der Waals surface area (Å²) in [6.07, 6.45) is 0. The fraction of sp³-hybridized carbons (Fsp3) is 0.222. The summed E-state index contributed by atoms with van der Waals surface area (Å²) in [4.78, 5) is 20.5. The fourth-order valence-corrected chi connectivity index (χ4v) is 4.30. The van der Waals surface area contributed by atoms with Gasteiger partial charge in [-0.2, -0.15) is 0 Å². The van der Waals surface area contributed by atoms with E-state index >= 15 is 0 Å². The molecule has 0 saturated heterocycles. The Morgan fingerprint density at radius 2 is 1.79 bits per heavy atom. The van der Waals surface area contributed by atoms with Gasteiger partial charge in [-0.25, -0.2) is 4.98 Å². The maximum Gasteiger partial charge on any atom is 0.259 e. The lowest BCUT2D eigenvalue weighted by atomic mass is 10.2. The largest absolute Gasteiger partial charge is 0.301 e. The first kappa shape index (κ1) is 17.4. The number of fused-ring (bicyclic) bond motifs is 1. The predicted octanol–water partition coefficient (Wildman–Crippen LogP) is 4.72. The number of thioether (sulfide) groups is 2. The molecule has 1 unspecified atom stereocenters. The van der Waals surface area contributed by atoms with Crippen LogP contribution in [0.1, 0.15) is 5.56 Å². The zero-order valence-corrected chi connectivity index (χ0v) is 15.5. The fourth-order valence-electron chi connectivity index (χ4n) is 2.17. The molecule has 1 atom stereocenters. The number of rotatable bonds is 6. The number of aromatic nitrogens is 2. The summed E-state index contributed by atoms with van der Waals surface area (Å²) in [5.74, 6) is 1.51. The van der Waals surface area contributed by atoms with E-state index in [1.54, 1.807) is 17.8 Å². The zero-order valence-electron chi connectivity index (χ0n) is 13.2. The lowest BCUT2D eigenvalue weighted by Gasteiger charge is -2.09. The Hall–Kier alpha value is -1.43.